The van der Waals surface area contributed by atoms with Crippen molar-refractivity contribution in [2.75, 3.05) is 5.32 Å². The van der Waals surface area contributed by atoms with Gasteiger partial charge in [0.1, 0.15) is 5.82 Å². The first-order valence-electron chi connectivity index (χ1n) is 7.38. The number of anilines is 1. The Bertz CT molecular complexity index is 791. The molecule has 132 valence electrons. The summed E-state index contributed by atoms with van der Waals surface area (Å²) in [7, 11) is 0. The van der Waals surface area contributed by atoms with Gasteiger partial charge in [-0.15, -0.1) is 0 Å². The number of nitrogens with zero attached hydrogens (tertiary/aromatic N) is 1. The van der Waals surface area contributed by atoms with Gasteiger partial charge in [0.15, 0.2) is 0 Å². The smallest absolute Gasteiger partial charge is 0.346 e. The lowest BCUT2D eigenvalue weighted by molar-refractivity contribution is -0.137. The van der Waals surface area contributed by atoms with Crippen LogP contribution in [0.5, 0.6) is 0 Å². The summed E-state index contributed by atoms with van der Waals surface area (Å²) in [5.41, 5.74) is -0.208. The highest BCUT2D eigenvalue weighted by atomic mass is 19.4. The first-order valence-corrected chi connectivity index (χ1v) is 7.38. The lowest BCUT2D eigenvalue weighted by Gasteiger charge is -2.16. The highest BCUT2D eigenvalue weighted by Gasteiger charge is 2.30. The SMILES string of the molecule is CC(=O)Nc1cc(C(=O)N[C@H](C)c2cccc(C(F)(F)F)c2)ccn1. The first kappa shape index (κ1) is 18.4. The second kappa shape index (κ2) is 7.33. The highest BCUT2D eigenvalue weighted by molar-refractivity contribution is 5.96. The molecule has 1 heterocycles. The maximum Gasteiger partial charge on any atom is 0.416 e. The number of amides is 2. The second-order valence-electron chi connectivity index (χ2n) is 5.43. The highest BCUT2D eigenvalue weighted by Crippen LogP contribution is 2.30. The molecular weight excluding hydrogens is 335 g/mol. The van der Waals surface area contributed by atoms with E-state index in [9.17, 15) is 22.8 Å². The molecule has 1 aromatic heterocycles. The van der Waals surface area contributed by atoms with Gasteiger partial charge in [-0.05, 0) is 36.8 Å². The molecule has 0 aliphatic carbocycles. The van der Waals surface area contributed by atoms with Crippen molar-refractivity contribution in [2.45, 2.75) is 26.1 Å². The molecule has 0 spiro atoms. The number of carbonyl (C=O) groups is 2. The van der Waals surface area contributed by atoms with Gasteiger partial charge in [-0.3, -0.25) is 9.59 Å². The molecule has 2 N–H and O–H groups in total. The van der Waals surface area contributed by atoms with Crippen molar-refractivity contribution in [3.63, 3.8) is 0 Å². The van der Waals surface area contributed by atoms with Gasteiger partial charge in [0.2, 0.25) is 5.91 Å². The number of halogens is 3. The molecule has 8 heteroatoms. The molecule has 1 atom stereocenters. The Morgan fingerprint density at radius 3 is 2.52 bits per heavy atom. The minimum absolute atomic E-state index is 0.215. The van der Waals surface area contributed by atoms with Crippen molar-refractivity contribution < 1.29 is 22.8 Å². The number of carbonyl (C=O) groups excluding carboxylic acids is 2. The van der Waals surface area contributed by atoms with Gasteiger partial charge in [0, 0.05) is 18.7 Å². The second-order valence-corrected chi connectivity index (χ2v) is 5.43. The third-order valence-corrected chi connectivity index (χ3v) is 3.39. The van der Waals surface area contributed by atoms with Crippen molar-refractivity contribution in [3.05, 3.63) is 59.3 Å². The minimum atomic E-state index is -4.45. The van der Waals surface area contributed by atoms with E-state index in [0.717, 1.165) is 12.1 Å². The standard InChI is InChI=1S/C17H16F3N3O2/c1-10(12-4-3-5-14(8-12)17(18,19)20)22-16(25)13-6-7-21-15(9-13)23-11(2)24/h3-10H,1-2H3,(H,22,25)(H,21,23,24)/t10-/m1/s1. The van der Waals surface area contributed by atoms with Crippen molar-refractivity contribution in [3.8, 4) is 0 Å². The van der Waals surface area contributed by atoms with Crippen LogP contribution in [0.15, 0.2) is 42.6 Å². The number of benzene rings is 1. The Morgan fingerprint density at radius 2 is 1.88 bits per heavy atom. The molecule has 0 fully saturated rings. The van der Waals surface area contributed by atoms with E-state index in [1.54, 1.807) is 6.92 Å². The fourth-order valence-corrected chi connectivity index (χ4v) is 2.17. The van der Waals surface area contributed by atoms with E-state index in [2.05, 4.69) is 15.6 Å². The summed E-state index contributed by atoms with van der Waals surface area (Å²) < 4.78 is 38.3. The molecular formula is C17H16F3N3O2. The normalized spacial score (nSPS) is 12.4. The van der Waals surface area contributed by atoms with Crippen LogP contribution in [0.3, 0.4) is 0 Å². The summed E-state index contributed by atoms with van der Waals surface area (Å²) in [6.07, 6.45) is -3.09. The van der Waals surface area contributed by atoms with Crippen LogP contribution in [0.2, 0.25) is 0 Å². The largest absolute Gasteiger partial charge is 0.416 e. The molecule has 0 saturated heterocycles. The topological polar surface area (TPSA) is 71.1 Å². The van der Waals surface area contributed by atoms with Crippen LogP contribution in [-0.4, -0.2) is 16.8 Å². The van der Waals surface area contributed by atoms with E-state index < -0.39 is 23.7 Å². The Hall–Kier alpha value is -2.90. The maximum absolute atomic E-state index is 12.8. The molecule has 25 heavy (non-hydrogen) atoms. The van der Waals surface area contributed by atoms with E-state index >= 15 is 0 Å². The maximum atomic E-state index is 12.8. The number of hydrogen-bond donors (Lipinski definition) is 2. The van der Waals surface area contributed by atoms with Crippen LogP contribution in [0.4, 0.5) is 19.0 Å². The van der Waals surface area contributed by atoms with Crippen molar-refractivity contribution in [1.82, 2.24) is 10.3 Å². The van der Waals surface area contributed by atoms with Crippen LogP contribution in [0.25, 0.3) is 0 Å². The zero-order valence-corrected chi connectivity index (χ0v) is 13.5. The van der Waals surface area contributed by atoms with Gasteiger partial charge >= 0.3 is 6.18 Å². The Morgan fingerprint density at radius 1 is 1.16 bits per heavy atom. The summed E-state index contributed by atoms with van der Waals surface area (Å²) in [5, 5.41) is 5.08. The first-order chi connectivity index (χ1) is 11.7. The third kappa shape index (κ3) is 5.03. The van der Waals surface area contributed by atoms with Crippen LogP contribution in [0, 0.1) is 0 Å². The van der Waals surface area contributed by atoms with Crippen LogP contribution in [0.1, 0.15) is 41.4 Å². The number of nitrogens with one attached hydrogen (secondary N) is 2. The summed E-state index contributed by atoms with van der Waals surface area (Å²) in [4.78, 5) is 27.2. The molecule has 1 aromatic carbocycles. The molecule has 0 unspecified atom stereocenters. The molecule has 0 aliphatic rings. The summed E-state index contributed by atoms with van der Waals surface area (Å²) in [6, 6.07) is 6.97. The molecule has 2 amide bonds. The molecule has 0 saturated carbocycles. The average Bonchev–Trinajstić information content (AvgIpc) is 2.53. The molecule has 0 radical (unpaired) electrons. The summed E-state index contributed by atoms with van der Waals surface area (Å²) >= 11 is 0. The number of aromatic nitrogens is 1. The number of hydrogen-bond acceptors (Lipinski definition) is 3. The van der Waals surface area contributed by atoms with E-state index in [4.69, 9.17) is 0 Å². The Labute approximate surface area is 142 Å². The molecule has 2 aromatic rings. The lowest BCUT2D eigenvalue weighted by Crippen LogP contribution is -2.27. The number of pyridine rings is 1. The molecule has 0 aliphatic heterocycles. The van der Waals surface area contributed by atoms with Crippen molar-refractivity contribution in [1.29, 1.82) is 0 Å². The fourth-order valence-electron chi connectivity index (χ4n) is 2.17. The average molecular weight is 351 g/mol. The van der Waals surface area contributed by atoms with Gasteiger partial charge < -0.3 is 10.6 Å². The summed E-state index contributed by atoms with van der Waals surface area (Å²) in [5.74, 6) is -0.604. The molecule has 2 rings (SSSR count). The van der Waals surface area contributed by atoms with Gasteiger partial charge in [0.25, 0.3) is 5.91 Å². The van der Waals surface area contributed by atoms with Crippen molar-refractivity contribution >= 4 is 17.6 Å². The monoisotopic (exact) mass is 351 g/mol. The van der Waals surface area contributed by atoms with Crippen LogP contribution in [-0.2, 0) is 11.0 Å². The predicted molar refractivity (Wildman–Crippen MR) is 85.9 cm³/mol. The van der Waals surface area contributed by atoms with Gasteiger partial charge in [-0.1, -0.05) is 12.1 Å². The van der Waals surface area contributed by atoms with E-state index in [0.29, 0.717) is 5.56 Å². The quantitative estimate of drug-likeness (QED) is 0.885. The van der Waals surface area contributed by atoms with Gasteiger partial charge in [-0.2, -0.15) is 13.2 Å². The number of alkyl halides is 3. The minimum Gasteiger partial charge on any atom is -0.346 e. The van der Waals surface area contributed by atoms with E-state index in [1.165, 1.54) is 37.4 Å². The Kier molecular flexibility index (Phi) is 5.41. The molecule has 0 bridgehead atoms. The predicted octanol–water partition coefficient (Wildman–Crippen LogP) is 3.55. The zero-order valence-electron chi connectivity index (χ0n) is 13.5. The summed E-state index contributed by atoms with van der Waals surface area (Å²) in [6.45, 7) is 2.90. The van der Waals surface area contributed by atoms with Gasteiger partial charge in [0.05, 0.1) is 11.6 Å². The van der Waals surface area contributed by atoms with Crippen molar-refractivity contribution in [2.24, 2.45) is 0 Å². The Balaban J connectivity index is 2.14. The van der Waals surface area contributed by atoms with Gasteiger partial charge in [-0.25, -0.2) is 4.98 Å². The third-order valence-electron chi connectivity index (χ3n) is 3.39. The lowest BCUT2D eigenvalue weighted by atomic mass is 10.0. The van der Waals surface area contributed by atoms with E-state index in [-0.39, 0.29) is 17.3 Å². The number of rotatable bonds is 4. The van der Waals surface area contributed by atoms with E-state index in [1.807, 2.05) is 0 Å². The zero-order chi connectivity index (χ0) is 18.6. The fraction of sp³-hybridized carbons (Fsp3) is 0.235. The van der Waals surface area contributed by atoms with Crippen LogP contribution >= 0.6 is 0 Å². The molecule has 5 nitrogen and oxygen atoms in total. The van der Waals surface area contributed by atoms with Crippen LogP contribution < -0.4 is 10.6 Å².